The van der Waals surface area contributed by atoms with Gasteiger partial charge in [0.2, 0.25) is 5.91 Å². The number of anilines is 1. The summed E-state index contributed by atoms with van der Waals surface area (Å²) in [6.45, 7) is 5.04. The van der Waals surface area contributed by atoms with Gasteiger partial charge in [-0.3, -0.25) is 4.79 Å². The smallest absolute Gasteiger partial charge is 0.228 e. The van der Waals surface area contributed by atoms with E-state index in [4.69, 9.17) is 4.74 Å². The normalized spacial score (nSPS) is 12.9. The molecule has 1 heterocycles. The Balaban J connectivity index is 1.66. The first kappa shape index (κ1) is 14.6. The van der Waals surface area contributed by atoms with Gasteiger partial charge in [0, 0.05) is 12.1 Å². The van der Waals surface area contributed by atoms with Crippen molar-refractivity contribution in [1.82, 2.24) is 0 Å². The summed E-state index contributed by atoms with van der Waals surface area (Å²) in [4.78, 5) is 12.2. The van der Waals surface area contributed by atoms with Gasteiger partial charge >= 0.3 is 0 Å². The fraction of sp³-hybridized carbons (Fsp3) is 0.316. The Morgan fingerprint density at radius 3 is 2.91 bits per heavy atom. The number of amides is 1. The molecule has 0 atom stereocenters. The minimum atomic E-state index is 0.0137. The van der Waals surface area contributed by atoms with Crippen molar-refractivity contribution < 1.29 is 9.53 Å². The van der Waals surface area contributed by atoms with Crippen molar-refractivity contribution >= 4 is 11.6 Å². The molecule has 0 aromatic heterocycles. The van der Waals surface area contributed by atoms with E-state index < -0.39 is 0 Å². The van der Waals surface area contributed by atoms with Crippen molar-refractivity contribution in [3.63, 3.8) is 0 Å². The van der Waals surface area contributed by atoms with E-state index in [1.807, 2.05) is 30.3 Å². The molecule has 1 amide bonds. The Morgan fingerprint density at radius 2 is 2.09 bits per heavy atom. The van der Waals surface area contributed by atoms with Crippen LogP contribution in [0.15, 0.2) is 42.5 Å². The van der Waals surface area contributed by atoms with E-state index >= 15 is 0 Å². The molecule has 0 radical (unpaired) electrons. The molecular formula is C19H21NO2. The summed E-state index contributed by atoms with van der Waals surface area (Å²) in [5, 5.41) is 2.98. The summed E-state index contributed by atoms with van der Waals surface area (Å²) in [7, 11) is 0. The lowest BCUT2D eigenvalue weighted by atomic mass is 10.0. The minimum absolute atomic E-state index is 0.0137. The van der Waals surface area contributed by atoms with E-state index in [1.54, 1.807) is 0 Å². The van der Waals surface area contributed by atoms with Crippen molar-refractivity contribution in [2.24, 2.45) is 0 Å². The molecule has 114 valence electrons. The molecule has 0 bridgehead atoms. The van der Waals surface area contributed by atoms with Crippen molar-refractivity contribution in [2.75, 3.05) is 11.9 Å². The largest absolute Gasteiger partial charge is 0.493 e. The lowest BCUT2D eigenvalue weighted by molar-refractivity contribution is -0.115. The predicted molar refractivity (Wildman–Crippen MR) is 88.5 cm³/mol. The number of hydrogen-bond acceptors (Lipinski definition) is 2. The van der Waals surface area contributed by atoms with E-state index in [9.17, 15) is 4.79 Å². The molecule has 2 aromatic rings. The molecule has 0 unspecified atom stereocenters. The zero-order valence-electron chi connectivity index (χ0n) is 13.1. The monoisotopic (exact) mass is 295 g/mol. The van der Waals surface area contributed by atoms with Crippen LogP contribution in [0.4, 0.5) is 5.69 Å². The second-order valence-corrected chi connectivity index (χ2v) is 6.05. The van der Waals surface area contributed by atoms with Gasteiger partial charge in [0.15, 0.2) is 0 Å². The number of ether oxygens (including phenoxy) is 1. The number of carbonyl (C=O) groups is 1. The number of fused-ring (bicyclic) bond motifs is 1. The fourth-order valence-electron chi connectivity index (χ4n) is 2.72. The fourth-order valence-corrected chi connectivity index (χ4v) is 2.72. The van der Waals surface area contributed by atoms with E-state index in [-0.39, 0.29) is 5.91 Å². The Hall–Kier alpha value is -2.29. The maximum absolute atomic E-state index is 12.2. The molecule has 0 saturated carbocycles. The first-order valence-electron chi connectivity index (χ1n) is 7.76. The van der Waals surface area contributed by atoms with E-state index in [0.717, 1.165) is 30.0 Å². The van der Waals surface area contributed by atoms with Gasteiger partial charge in [-0.25, -0.2) is 0 Å². The molecule has 3 heteroatoms. The maximum atomic E-state index is 12.2. The third-order valence-electron chi connectivity index (χ3n) is 3.96. The number of rotatable bonds is 4. The van der Waals surface area contributed by atoms with Crippen molar-refractivity contribution in [3.8, 4) is 5.75 Å². The van der Waals surface area contributed by atoms with E-state index in [1.165, 1.54) is 11.1 Å². The van der Waals surface area contributed by atoms with Crippen LogP contribution in [-0.4, -0.2) is 12.5 Å². The lowest BCUT2D eigenvalue weighted by Gasteiger charge is -2.10. The molecule has 0 fully saturated rings. The summed E-state index contributed by atoms with van der Waals surface area (Å²) in [5.41, 5.74) is 4.32. The van der Waals surface area contributed by atoms with Crippen LogP contribution in [0.1, 0.15) is 36.5 Å². The highest BCUT2D eigenvalue weighted by Crippen LogP contribution is 2.26. The second-order valence-electron chi connectivity index (χ2n) is 6.05. The Labute approximate surface area is 131 Å². The summed E-state index contributed by atoms with van der Waals surface area (Å²) >= 11 is 0. The highest BCUT2D eigenvalue weighted by molar-refractivity contribution is 5.92. The third kappa shape index (κ3) is 3.30. The highest BCUT2D eigenvalue weighted by Gasteiger charge is 2.13. The predicted octanol–water partition coefficient (Wildman–Crippen LogP) is 3.93. The first-order chi connectivity index (χ1) is 10.6. The second kappa shape index (κ2) is 6.22. The topological polar surface area (TPSA) is 38.3 Å². The van der Waals surface area contributed by atoms with Crippen LogP contribution in [0, 0.1) is 0 Å². The molecule has 1 aliphatic rings. The molecule has 1 N–H and O–H groups in total. The van der Waals surface area contributed by atoms with Crippen LogP contribution >= 0.6 is 0 Å². The molecule has 0 aliphatic carbocycles. The zero-order chi connectivity index (χ0) is 15.5. The average Bonchev–Trinajstić information content (AvgIpc) is 2.95. The Morgan fingerprint density at radius 1 is 1.23 bits per heavy atom. The van der Waals surface area contributed by atoms with Gasteiger partial charge in [-0.15, -0.1) is 0 Å². The van der Waals surface area contributed by atoms with Crippen molar-refractivity contribution in [1.29, 1.82) is 0 Å². The average molecular weight is 295 g/mol. The third-order valence-corrected chi connectivity index (χ3v) is 3.96. The van der Waals surface area contributed by atoms with Gasteiger partial charge in [0.1, 0.15) is 5.75 Å². The summed E-state index contributed by atoms with van der Waals surface area (Å²) in [6, 6.07) is 14.0. The van der Waals surface area contributed by atoms with Crippen LogP contribution in [0.25, 0.3) is 0 Å². The molecule has 3 rings (SSSR count). The molecule has 3 nitrogen and oxygen atoms in total. The maximum Gasteiger partial charge on any atom is 0.228 e. The SMILES string of the molecule is CC(C)c1cccc(NC(=O)Cc2ccc3c(c2)CCO3)c1. The van der Waals surface area contributed by atoms with E-state index in [0.29, 0.717) is 12.3 Å². The van der Waals surface area contributed by atoms with Gasteiger partial charge in [-0.1, -0.05) is 38.1 Å². The summed E-state index contributed by atoms with van der Waals surface area (Å²) in [6.07, 6.45) is 1.32. The van der Waals surface area contributed by atoms with Gasteiger partial charge in [0.25, 0.3) is 0 Å². The quantitative estimate of drug-likeness (QED) is 0.928. The number of nitrogens with one attached hydrogen (secondary N) is 1. The number of benzene rings is 2. The van der Waals surface area contributed by atoms with E-state index in [2.05, 4.69) is 31.3 Å². The Kier molecular flexibility index (Phi) is 4.14. The lowest BCUT2D eigenvalue weighted by Crippen LogP contribution is -2.14. The number of carbonyl (C=O) groups excluding carboxylic acids is 1. The minimum Gasteiger partial charge on any atom is -0.493 e. The van der Waals surface area contributed by atoms with Crippen LogP contribution < -0.4 is 10.1 Å². The molecule has 22 heavy (non-hydrogen) atoms. The summed E-state index contributed by atoms with van der Waals surface area (Å²) in [5.74, 6) is 1.42. The molecule has 0 saturated heterocycles. The van der Waals surface area contributed by atoms with Gasteiger partial charge in [-0.2, -0.15) is 0 Å². The number of hydrogen-bond donors (Lipinski definition) is 1. The van der Waals surface area contributed by atoms with Crippen molar-refractivity contribution in [2.45, 2.75) is 32.6 Å². The van der Waals surface area contributed by atoms with Crippen LogP contribution in [0.3, 0.4) is 0 Å². The molecule has 2 aromatic carbocycles. The molecule has 1 aliphatic heterocycles. The Bertz CT molecular complexity index is 692. The molecule has 0 spiro atoms. The van der Waals surface area contributed by atoms with Gasteiger partial charge in [-0.05, 0) is 40.8 Å². The van der Waals surface area contributed by atoms with Crippen LogP contribution in [0.5, 0.6) is 5.75 Å². The van der Waals surface area contributed by atoms with Crippen molar-refractivity contribution in [3.05, 3.63) is 59.2 Å². The molecular weight excluding hydrogens is 274 g/mol. The standard InChI is InChI=1S/C19H21NO2/c1-13(2)15-4-3-5-17(12-15)20-19(21)11-14-6-7-18-16(10-14)8-9-22-18/h3-7,10,12-13H,8-9,11H2,1-2H3,(H,20,21). The van der Waals surface area contributed by atoms with Crippen LogP contribution in [0.2, 0.25) is 0 Å². The first-order valence-corrected chi connectivity index (χ1v) is 7.76. The highest BCUT2D eigenvalue weighted by atomic mass is 16.5. The zero-order valence-corrected chi connectivity index (χ0v) is 13.1. The van der Waals surface area contributed by atoms with Gasteiger partial charge in [0.05, 0.1) is 13.0 Å². The van der Waals surface area contributed by atoms with Gasteiger partial charge < -0.3 is 10.1 Å². The summed E-state index contributed by atoms with van der Waals surface area (Å²) < 4.78 is 5.49. The van der Waals surface area contributed by atoms with Crippen LogP contribution in [-0.2, 0) is 17.6 Å².